The second-order valence-electron chi connectivity index (χ2n) is 3.28. The number of aliphatic hydroxyl groups is 2. The molecular formula is C8H12N2O2S. The van der Waals surface area contributed by atoms with Crippen molar-refractivity contribution in [1.82, 2.24) is 4.98 Å². The van der Waals surface area contributed by atoms with Gasteiger partial charge in [-0.05, 0) is 12.8 Å². The van der Waals surface area contributed by atoms with E-state index in [0.717, 1.165) is 5.13 Å². The molecule has 3 N–H and O–H groups in total. The Hall–Kier alpha value is -0.650. The summed E-state index contributed by atoms with van der Waals surface area (Å²) in [5.74, 6) is 0. The first kappa shape index (κ1) is 8.93. The number of nitrogens with zero attached hydrogens (tertiary/aromatic N) is 1. The van der Waals surface area contributed by atoms with Crippen molar-refractivity contribution in [2.24, 2.45) is 0 Å². The first-order chi connectivity index (χ1) is 6.25. The SMILES string of the molecule is O[C@@H]1CC(Nc2nccs2)C[C@@H]1O. The lowest BCUT2D eigenvalue weighted by molar-refractivity contribution is 0.0438. The molecule has 0 aromatic carbocycles. The van der Waals surface area contributed by atoms with E-state index in [4.69, 9.17) is 0 Å². The maximum absolute atomic E-state index is 9.29. The fourth-order valence-electron chi connectivity index (χ4n) is 1.58. The van der Waals surface area contributed by atoms with Crippen molar-refractivity contribution in [3.05, 3.63) is 11.6 Å². The quantitative estimate of drug-likeness (QED) is 0.648. The first-order valence-corrected chi connectivity index (χ1v) is 5.16. The summed E-state index contributed by atoms with van der Waals surface area (Å²) in [7, 11) is 0. The van der Waals surface area contributed by atoms with Crippen molar-refractivity contribution in [2.45, 2.75) is 31.1 Å². The van der Waals surface area contributed by atoms with E-state index < -0.39 is 12.2 Å². The Morgan fingerprint density at radius 1 is 1.38 bits per heavy atom. The molecule has 0 aliphatic heterocycles. The molecule has 2 rings (SSSR count). The zero-order valence-corrected chi connectivity index (χ0v) is 7.87. The van der Waals surface area contributed by atoms with E-state index in [1.807, 2.05) is 5.38 Å². The van der Waals surface area contributed by atoms with Crippen LogP contribution in [0.3, 0.4) is 0 Å². The molecule has 1 fully saturated rings. The molecule has 72 valence electrons. The molecule has 0 radical (unpaired) electrons. The number of aromatic nitrogens is 1. The third kappa shape index (κ3) is 1.99. The van der Waals surface area contributed by atoms with Crippen LogP contribution in [0.25, 0.3) is 0 Å². The Balaban J connectivity index is 1.91. The molecule has 0 spiro atoms. The Bertz CT molecular complexity index is 255. The number of rotatable bonds is 2. The molecule has 5 heteroatoms. The average molecular weight is 200 g/mol. The summed E-state index contributed by atoms with van der Waals surface area (Å²) in [6.07, 6.45) is 1.76. The van der Waals surface area contributed by atoms with Crippen LogP contribution in [0.5, 0.6) is 0 Å². The van der Waals surface area contributed by atoms with Gasteiger partial charge >= 0.3 is 0 Å². The summed E-state index contributed by atoms with van der Waals surface area (Å²) in [5.41, 5.74) is 0. The van der Waals surface area contributed by atoms with Crippen LogP contribution in [0.15, 0.2) is 11.6 Å². The minimum Gasteiger partial charge on any atom is -0.390 e. The van der Waals surface area contributed by atoms with Crippen LogP contribution >= 0.6 is 11.3 Å². The van der Waals surface area contributed by atoms with Gasteiger partial charge in [-0.25, -0.2) is 4.98 Å². The topological polar surface area (TPSA) is 65.4 Å². The number of hydrogen-bond donors (Lipinski definition) is 3. The Kier molecular flexibility index (Phi) is 2.48. The predicted molar refractivity (Wildman–Crippen MR) is 50.8 cm³/mol. The van der Waals surface area contributed by atoms with Gasteiger partial charge in [0.15, 0.2) is 5.13 Å². The van der Waals surface area contributed by atoms with E-state index in [-0.39, 0.29) is 6.04 Å². The normalized spacial score (nSPS) is 33.5. The second-order valence-corrected chi connectivity index (χ2v) is 4.18. The Morgan fingerprint density at radius 3 is 2.62 bits per heavy atom. The van der Waals surface area contributed by atoms with Crippen LogP contribution in [-0.2, 0) is 0 Å². The maximum atomic E-state index is 9.29. The lowest BCUT2D eigenvalue weighted by Crippen LogP contribution is -2.17. The minimum atomic E-state index is -0.586. The molecule has 0 saturated heterocycles. The summed E-state index contributed by atoms with van der Waals surface area (Å²) in [4.78, 5) is 4.07. The largest absolute Gasteiger partial charge is 0.390 e. The fourth-order valence-corrected chi connectivity index (χ4v) is 2.19. The molecule has 4 nitrogen and oxygen atoms in total. The van der Waals surface area contributed by atoms with E-state index in [2.05, 4.69) is 10.3 Å². The average Bonchev–Trinajstić information content (AvgIpc) is 2.64. The highest BCUT2D eigenvalue weighted by molar-refractivity contribution is 7.13. The molecule has 1 saturated carbocycles. The Labute approximate surface area is 80.2 Å². The molecule has 1 aliphatic rings. The van der Waals surface area contributed by atoms with Gasteiger partial charge in [0.25, 0.3) is 0 Å². The molecule has 1 heterocycles. The highest BCUT2D eigenvalue weighted by atomic mass is 32.1. The van der Waals surface area contributed by atoms with E-state index in [1.54, 1.807) is 6.20 Å². The van der Waals surface area contributed by atoms with Crippen molar-refractivity contribution in [3.8, 4) is 0 Å². The minimum absolute atomic E-state index is 0.149. The van der Waals surface area contributed by atoms with Gasteiger partial charge < -0.3 is 15.5 Å². The fraction of sp³-hybridized carbons (Fsp3) is 0.625. The van der Waals surface area contributed by atoms with Gasteiger partial charge in [0.1, 0.15) is 0 Å². The van der Waals surface area contributed by atoms with Crippen LogP contribution in [-0.4, -0.2) is 33.4 Å². The lowest BCUT2D eigenvalue weighted by atomic mass is 10.2. The molecule has 0 bridgehead atoms. The van der Waals surface area contributed by atoms with E-state index in [0.29, 0.717) is 12.8 Å². The van der Waals surface area contributed by atoms with Gasteiger partial charge in [-0.3, -0.25) is 0 Å². The number of hydrogen-bond acceptors (Lipinski definition) is 5. The third-order valence-electron chi connectivity index (χ3n) is 2.26. The van der Waals surface area contributed by atoms with Gasteiger partial charge in [0, 0.05) is 17.6 Å². The zero-order valence-electron chi connectivity index (χ0n) is 7.05. The van der Waals surface area contributed by atoms with E-state index in [9.17, 15) is 10.2 Å². The van der Waals surface area contributed by atoms with E-state index in [1.165, 1.54) is 11.3 Å². The molecule has 3 atom stereocenters. The summed E-state index contributed by atoms with van der Waals surface area (Å²) in [5, 5.41) is 24.5. The first-order valence-electron chi connectivity index (χ1n) is 4.28. The highest BCUT2D eigenvalue weighted by Crippen LogP contribution is 2.24. The van der Waals surface area contributed by atoms with Crippen molar-refractivity contribution in [2.75, 3.05) is 5.32 Å². The zero-order chi connectivity index (χ0) is 9.26. The number of thiazole rings is 1. The summed E-state index contributed by atoms with van der Waals surface area (Å²) in [6, 6.07) is 0.149. The van der Waals surface area contributed by atoms with Gasteiger partial charge in [-0.2, -0.15) is 0 Å². The molecule has 1 aromatic rings. The number of nitrogens with one attached hydrogen (secondary N) is 1. The molecule has 1 aromatic heterocycles. The predicted octanol–water partition coefficient (Wildman–Crippen LogP) is 0.439. The smallest absolute Gasteiger partial charge is 0.182 e. The van der Waals surface area contributed by atoms with Crippen LogP contribution in [0.4, 0.5) is 5.13 Å². The molecule has 1 unspecified atom stereocenters. The summed E-state index contributed by atoms with van der Waals surface area (Å²) < 4.78 is 0. The van der Waals surface area contributed by atoms with Gasteiger partial charge in [0.2, 0.25) is 0 Å². The summed E-state index contributed by atoms with van der Waals surface area (Å²) in [6.45, 7) is 0. The molecule has 0 amide bonds. The highest BCUT2D eigenvalue weighted by Gasteiger charge is 2.31. The van der Waals surface area contributed by atoms with E-state index >= 15 is 0 Å². The van der Waals surface area contributed by atoms with Crippen molar-refractivity contribution in [1.29, 1.82) is 0 Å². The third-order valence-corrected chi connectivity index (χ3v) is 2.96. The summed E-state index contributed by atoms with van der Waals surface area (Å²) >= 11 is 1.53. The van der Waals surface area contributed by atoms with Gasteiger partial charge in [0.05, 0.1) is 12.2 Å². The van der Waals surface area contributed by atoms with Crippen molar-refractivity contribution >= 4 is 16.5 Å². The lowest BCUT2D eigenvalue weighted by Gasteiger charge is -2.09. The van der Waals surface area contributed by atoms with Crippen molar-refractivity contribution in [3.63, 3.8) is 0 Å². The standard InChI is InChI=1S/C8H12N2O2S/c11-6-3-5(4-7(6)12)10-8-9-1-2-13-8/h1-2,5-7,11-12H,3-4H2,(H,9,10)/t5?,6-,7+. The molecular weight excluding hydrogens is 188 g/mol. The second kappa shape index (κ2) is 3.61. The van der Waals surface area contributed by atoms with Crippen LogP contribution in [0.2, 0.25) is 0 Å². The van der Waals surface area contributed by atoms with Crippen LogP contribution in [0, 0.1) is 0 Å². The van der Waals surface area contributed by atoms with Gasteiger partial charge in [-0.15, -0.1) is 11.3 Å². The monoisotopic (exact) mass is 200 g/mol. The number of anilines is 1. The molecule has 1 aliphatic carbocycles. The van der Waals surface area contributed by atoms with Gasteiger partial charge in [-0.1, -0.05) is 0 Å². The molecule has 13 heavy (non-hydrogen) atoms. The van der Waals surface area contributed by atoms with Crippen molar-refractivity contribution < 1.29 is 10.2 Å². The van der Waals surface area contributed by atoms with Crippen LogP contribution < -0.4 is 5.32 Å². The Morgan fingerprint density at radius 2 is 2.08 bits per heavy atom. The van der Waals surface area contributed by atoms with Crippen LogP contribution in [0.1, 0.15) is 12.8 Å². The number of aliphatic hydroxyl groups excluding tert-OH is 2. The maximum Gasteiger partial charge on any atom is 0.182 e.